The highest BCUT2D eigenvalue weighted by molar-refractivity contribution is 5.83. The van der Waals surface area contributed by atoms with Gasteiger partial charge in [0.1, 0.15) is 5.78 Å². The van der Waals surface area contributed by atoms with Crippen LogP contribution in [-0.4, -0.2) is 28.1 Å². The van der Waals surface area contributed by atoms with Crippen LogP contribution in [0.15, 0.2) is 12.2 Å². The Morgan fingerprint density at radius 1 is 1.25 bits per heavy atom. The van der Waals surface area contributed by atoms with Gasteiger partial charge in [-0.05, 0) is 50.9 Å². The molecule has 0 saturated heterocycles. The van der Waals surface area contributed by atoms with Gasteiger partial charge in [0.2, 0.25) is 0 Å². The predicted octanol–water partition coefficient (Wildman–Crippen LogP) is 4.50. The lowest BCUT2D eigenvalue weighted by Gasteiger charge is -2.19. The van der Waals surface area contributed by atoms with Gasteiger partial charge >= 0.3 is 5.97 Å². The Labute approximate surface area is 146 Å². The van der Waals surface area contributed by atoms with Crippen molar-refractivity contribution < 1.29 is 19.8 Å². The molecule has 0 spiro atoms. The number of Topliss-reactive ketones (excluding diaryl/α,β-unsaturated/α-hetero) is 1. The van der Waals surface area contributed by atoms with E-state index in [1.54, 1.807) is 0 Å². The molecule has 1 fully saturated rings. The number of ketones is 1. The largest absolute Gasteiger partial charge is 0.481 e. The second kappa shape index (κ2) is 12.2. The second-order valence-electron chi connectivity index (χ2n) is 7.09. The zero-order valence-electron chi connectivity index (χ0n) is 15.1. The molecule has 3 atom stereocenters. The number of hydrogen-bond donors (Lipinski definition) is 2. The van der Waals surface area contributed by atoms with Crippen LogP contribution in [0.2, 0.25) is 0 Å². The number of allylic oxidation sites excluding steroid dienone is 2. The van der Waals surface area contributed by atoms with Gasteiger partial charge in [-0.2, -0.15) is 0 Å². The summed E-state index contributed by atoms with van der Waals surface area (Å²) in [7, 11) is 0. The topological polar surface area (TPSA) is 74.6 Å². The summed E-state index contributed by atoms with van der Waals surface area (Å²) in [6.07, 6.45) is 13.9. The fraction of sp³-hybridized carbons (Fsp3) is 0.800. The van der Waals surface area contributed by atoms with E-state index in [0.29, 0.717) is 24.5 Å². The molecular formula is C20H34O4. The lowest BCUT2D eigenvalue weighted by molar-refractivity contribution is -0.137. The molecule has 1 rings (SSSR count). The quantitative estimate of drug-likeness (QED) is 0.383. The summed E-state index contributed by atoms with van der Waals surface area (Å²) in [5, 5.41) is 18.7. The van der Waals surface area contributed by atoms with Crippen LogP contribution < -0.4 is 0 Å². The summed E-state index contributed by atoms with van der Waals surface area (Å²) in [6, 6.07) is 0. The lowest BCUT2D eigenvalue weighted by atomic mass is 9.87. The van der Waals surface area contributed by atoms with Crippen molar-refractivity contribution in [2.75, 3.05) is 0 Å². The number of carboxylic acid groups (broad SMARTS) is 1. The van der Waals surface area contributed by atoms with Crippen molar-refractivity contribution in [3.63, 3.8) is 0 Å². The Morgan fingerprint density at radius 2 is 2.04 bits per heavy atom. The van der Waals surface area contributed by atoms with E-state index < -0.39 is 5.97 Å². The van der Waals surface area contributed by atoms with Crippen LogP contribution in [0.4, 0.5) is 0 Å². The minimum absolute atomic E-state index is 0.101. The van der Waals surface area contributed by atoms with Crippen molar-refractivity contribution >= 4 is 11.8 Å². The normalized spacial score (nSPS) is 22.3. The average Bonchev–Trinajstić information content (AvgIpc) is 2.89. The van der Waals surface area contributed by atoms with Crippen molar-refractivity contribution in [1.82, 2.24) is 0 Å². The van der Waals surface area contributed by atoms with E-state index in [1.807, 2.05) is 12.2 Å². The molecule has 0 heterocycles. The molecule has 1 unspecified atom stereocenters. The third-order valence-electron chi connectivity index (χ3n) is 5.07. The number of aliphatic carboxylic acids is 1. The Morgan fingerprint density at radius 3 is 2.75 bits per heavy atom. The first-order chi connectivity index (χ1) is 11.5. The number of carbonyl (C=O) groups excluding carboxylic acids is 1. The van der Waals surface area contributed by atoms with Gasteiger partial charge in [0.25, 0.3) is 0 Å². The van der Waals surface area contributed by atoms with Crippen LogP contribution in [0.5, 0.6) is 0 Å². The molecule has 4 nitrogen and oxygen atoms in total. The number of aliphatic hydroxyl groups is 1. The average molecular weight is 338 g/mol. The lowest BCUT2D eigenvalue weighted by Crippen LogP contribution is -2.16. The predicted molar refractivity (Wildman–Crippen MR) is 95.8 cm³/mol. The maximum absolute atomic E-state index is 12.1. The Hall–Kier alpha value is -1.16. The van der Waals surface area contributed by atoms with Gasteiger partial charge < -0.3 is 10.2 Å². The fourth-order valence-corrected chi connectivity index (χ4v) is 3.56. The summed E-state index contributed by atoms with van der Waals surface area (Å²) in [5.74, 6) is 0.105. The highest BCUT2D eigenvalue weighted by Gasteiger charge is 2.33. The number of unbranched alkanes of at least 4 members (excludes halogenated alkanes) is 3. The molecular weight excluding hydrogens is 304 g/mol. The standard InChI is InChI=1S/C20H34O4/c1-2-3-6-9-17(21)14-12-16-13-15-19(22)18(16)10-7-4-5-8-11-20(23)24/h4,7,16-18,21H,2-3,5-6,8-15H2,1H3,(H,23,24)/t16-,17?,18-/m0/s1. The monoisotopic (exact) mass is 338 g/mol. The van der Waals surface area contributed by atoms with Gasteiger partial charge in [-0.15, -0.1) is 0 Å². The van der Waals surface area contributed by atoms with Gasteiger partial charge in [-0.1, -0.05) is 38.3 Å². The molecule has 1 aliphatic rings. The van der Waals surface area contributed by atoms with E-state index >= 15 is 0 Å². The van der Waals surface area contributed by atoms with Crippen LogP contribution >= 0.6 is 0 Å². The zero-order valence-corrected chi connectivity index (χ0v) is 15.1. The minimum atomic E-state index is -0.757. The van der Waals surface area contributed by atoms with Crippen molar-refractivity contribution in [2.24, 2.45) is 11.8 Å². The number of hydrogen-bond acceptors (Lipinski definition) is 3. The highest BCUT2D eigenvalue weighted by atomic mass is 16.4. The first kappa shape index (κ1) is 20.9. The van der Waals surface area contributed by atoms with Gasteiger partial charge in [0, 0.05) is 18.8 Å². The van der Waals surface area contributed by atoms with E-state index in [2.05, 4.69) is 6.92 Å². The van der Waals surface area contributed by atoms with Crippen LogP contribution in [0.1, 0.15) is 84.0 Å². The van der Waals surface area contributed by atoms with Gasteiger partial charge in [0.15, 0.2) is 0 Å². The van der Waals surface area contributed by atoms with Crippen molar-refractivity contribution in [1.29, 1.82) is 0 Å². The summed E-state index contributed by atoms with van der Waals surface area (Å²) in [5.41, 5.74) is 0. The number of carbonyl (C=O) groups is 2. The maximum atomic E-state index is 12.1. The molecule has 0 bridgehead atoms. The molecule has 0 aromatic rings. The van der Waals surface area contributed by atoms with Crippen molar-refractivity contribution in [2.45, 2.75) is 90.1 Å². The van der Waals surface area contributed by atoms with Crippen LogP contribution in [-0.2, 0) is 9.59 Å². The fourth-order valence-electron chi connectivity index (χ4n) is 3.56. The maximum Gasteiger partial charge on any atom is 0.303 e. The van der Waals surface area contributed by atoms with Crippen LogP contribution in [0.3, 0.4) is 0 Å². The van der Waals surface area contributed by atoms with E-state index in [-0.39, 0.29) is 18.4 Å². The molecule has 2 N–H and O–H groups in total. The first-order valence-corrected chi connectivity index (χ1v) is 9.62. The van der Waals surface area contributed by atoms with Crippen LogP contribution in [0, 0.1) is 11.8 Å². The van der Waals surface area contributed by atoms with E-state index in [4.69, 9.17) is 5.11 Å². The summed E-state index contributed by atoms with van der Waals surface area (Å²) >= 11 is 0. The number of rotatable bonds is 13. The second-order valence-corrected chi connectivity index (χ2v) is 7.09. The SMILES string of the molecule is CCCCCC(O)CC[C@H]1CCC(=O)[C@H]1CC=CCCCC(=O)O. The van der Waals surface area contributed by atoms with Crippen molar-refractivity contribution in [3.05, 3.63) is 12.2 Å². The molecule has 0 aliphatic heterocycles. The first-order valence-electron chi connectivity index (χ1n) is 9.62. The van der Waals surface area contributed by atoms with Crippen molar-refractivity contribution in [3.8, 4) is 0 Å². The summed E-state index contributed by atoms with van der Waals surface area (Å²) in [4.78, 5) is 22.5. The summed E-state index contributed by atoms with van der Waals surface area (Å²) in [6.45, 7) is 2.16. The van der Waals surface area contributed by atoms with E-state index in [0.717, 1.165) is 44.9 Å². The minimum Gasteiger partial charge on any atom is -0.481 e. The molecule has 24 heavy (non-hydrogen) atoms. The van der Waals surface area contributed by atoms with Gasteiger partial charge in [-0.25, -0.2) is 0 Å². The molecule has 0 radical (unpaired) electrons. The molecule has 138 valence electrons. The van der Waals surface area contributed by atoms with E-state index in [9.17, 15) is 14.7 Å². The molecule has 0 aromatic heterocycles. The molecule has 1 saturated carbocycles. The Kier molecular flexibility index (Phi) is 10.6. The third kappa shape index (κ3) is 8.62. The van der Waals surface area contributed by atoms with Crippen LogP contribution in [0.25, 0.3) is 0 Å². The zero-order chi connectivity index (χ0) is 17.8. The number of aliphatic hydroxyl groups excluding tert-OH is 1. The third-order valence-corrected chi connectivity index (χ3v) is 5.07. The highest BCUT2D eigenvalue weighted by Crippen LogP contribution is 2.35. The van der Waals surface area contributed by atoms with Gasteiger partial charge in [0.05, 0.1) is 6.10 Å². The molecule has 0 aromatic carbocycles. The van der Waals surface area contributed by atoms with Gasteiger partial charge in [-0.3, -0.25) is 9.59 Å². The van der Waals surface area contributed by atoms with E-state index in [1.165, 1.54) is 12.8 Å². The smallest absolute Gasteiger partial charge is 0.303 e. The molecule has 1 aliphatic carbocycles. The summed E-state index contributed by atoms with van der Waals surface area (Å²) < 4.78 is 0. The molecule has 0 amide bonds. The Balaban J connectivity index is 2.27. The molecule has 4 heteroatoms. The number of carboxylic acids is 1. The Bertz CT molecular complexity index is 402.